The summed E-state index contributed by atoms with van der Waals surface area (Å²) in [6.45, 7) is 3.92. The van der Waals surface area contributed by atoms with Gasteiger partial charge in [-0.3, -0.25) is 4.79 Å². The molecular formula is C9H17N3O2. The first-order valence-corrected chi connectivity index (χ1v) is 4.85. The molecule has 0 radical (unpaired) electrons. The van der Waals surface area contributed by atoms with Crippen molar-refractivity contribution in [3.8, 4) is 0 Å². The molecule has 0 aromatic rings. The van der Waals surface area contributed by atoms with Gasteiger partial charge < -0.3 is 16.3 Å². The minimum Gasteiger partial charge on any atom is -0.409 e. The van der Waals surface area contributed by atoms with E-state index < -0.39 is 5.41 Å². The van der Waals surface area contributed by atoms with Crippen molar-refractivity contribution >= 4 is 11.7 Å². The molecule has 1 atom stereocenters. The van der Waals surface area contributed by atoms with Gasteiger partial charge in [0.15, 0.2) is 5.84 Å². The summed E-state index contributed by atoms with van der Waals surface area (Å²) in [5.74, 6) is -0.0968. The fourth-order valence-electron chi connectivity index (χ4n) is 1.28. The lowest BCUT2D eigenvalue weighted by Crippen LogP contribution is -2.44. The minimum atomic E-state index is -0.724. The minimum absolute atomic E-state index is 0.0262. The number of nitrogens with one attached hydrogen (secondary N) is 1. The molecule has 0 spiro atoms. The van der Waals surface area contributed by atoms with Gasteiger partial charge in [-0.2, -0.15) is 0 Å². The summed E-state index contributed by atoms with van der Waals surface area (Å²) in [6.07, 6.45) is 2.22. The number of nitrogens with zero attached hydrogens (tertiary/aromatic N) is 1. The van der Waals surface area contributed by atoms with Crippen LogP contribution in [-0.2, 0) is 4.79 Å². The van der Waals surface area contributed by atoms with E-state index in [2.05, 4.69) is 10.5 Å². The number of hydrogen-bond acceptors (Lipinski definition) is 3. The van der Waals surface area contributed by atoms with E-state index in [-0.39, 0.29) is 17.8 Å². The van der Waals surface area contributed by atoms with Gasteiger partial charge in [-0.05, 0) is 26.2 Å². The van der Waals surface area contributed by atoms with E-state index in [0.717, 1.165) is 6.42 Å². The van der Waals surface area contributed by atoms with Gasteiger partial charge in [0.25, 0.3) is 0 Å². The van der Waals surface area contributed by atoms with E-state index in [1.165, 1.54) is 0 Å². The molecule has 1 rings (SSSR count). The maximum absolute atomic E-state index is 11.7. The quantitative estimate of drug-likeness (QED) is 0.265. The Hall–Kier alpha value is -1.26. The van der Waals surface area contributed by atoms with Crippen molar-refractivity contribution in [1.29, 1.82) is 0 Å². The van der Waals surface area contributed by atoms with Gasteiger partial charge in [-0.15, -0.1) is 0 Å². The zero-order chi connectivity index (χ0) is 10.8. The van der Waals surface area contributed by atoms with Crippen LogP contribution in [0.1, 0.15) is 33.1 Å². The lowest BCUT2D eigenvalue weighted by molar-refractivity contribution is -0.124. The molecule has 0 aromatic carbocycles. The molecule has 1 fully saturated rings. The average Bonchev–Trinajstić information content (AvgIpc) is 2.97. The normalized spacial score (nSPS) is 21.4. The third-order valence-electron chi connectivity index (χ3n) is 2.77. The first kappa shape index (κ1) is 10.8. The van der Waals surface area contributed by atoms with Gasteiger partial charge in [0.05, 0.1) is 0 Å². The molecule has 5 heteroatoms. The Morgan fingerprint density at radius 2 is 2.29 bits per heavy atom. The van der Waals surface area contributed by atoms with Gasteiger partial charge in [0.2, 0.25) is 5.91 Å². The van der Waals surface area contributed by atoms with E-state index in [0.29, 0.717) is 12.8 Å². The van der Waals surface area contributed by atoms with Crippen LogP contribution in [0.25, 0.3) is 0 Å². The maximum atomic E-state index is 11.7. The van der Waals surface area contributed by atoms with Crippen LogP contribution in [0.5, 0.6) is 0 Å². The molecule has 4 N–H and O–H groups in total. The molecule has 0 bridgehead atoms. The second-order valence-electron chi connectivity index (χ2n) is 3.85. The molecule has 80 valence electrons. The molecular weight excluding hydrogens is 182 g/mol. The van der Waals surface area contributed by atoms with Crippen LogP contribution in [0.2, 0.25) is 0 Å². The number of amidine groups is 1. The summed E-state index contributed by atoms with van der Waals surface area (Å²) in [7, 11) is 0. The molecule has 1 unspecified atom stereocenters. The fourth-order valence-corrected chi connectivity index (χ4v) is 1.28. The number of rotatable bonds is 4. The Morgan fingerprint density at radius 1 is 1.71 bits per heavy atom. The lowest BCUT2D eigenvalue weighted by Gasteiger charge is -2.17. The van der Waals surface area contributed by atoms with Gasteiger partial charge in [-0.1, -0.05) is 12.1 Å². The average molecular weight is 199 g/mol. The number of carbonyl (C=O) groups is 1. The Bertz CT molecular complexity index is 259. The summed E-state index contributed by atoms with van der Waals surface area (Å²) in [5.41, 5.74) is 4.75. The molecule has 0 aliphatic heterocycles. The maximum Gasteiger partial charge on any atom is 0.234 e. The van der Waals surface area contributed by atoms with Gasteiger partial charge in [-0.25, -0.2) is 0 Å². The van der Waals surface area contributed by atoms with E-state index in [1.807, 2.05) is 13.8 Å². The number of nitrogens with two attached hydrogens (primary N) is 1. The van der Waals surface area contributed by atoms with Crippen molar-refractivity contribution in [2.45, 2.75) is 39.2 Å². The van der Waals surface area contributed by atoms with Crippen LogP contribution in [-0.4, -0.2) is 23.0 Å². The second kappa shape index (κ2) is 3.86. The third kappa shape index (κ3) is 1.81. The SMILES string of the molecule is CCC(C)NC(=O)C1(C(N)=NO)CC1. The highest BCUT2D eigenvalue weighted by Gasteiger charge is 2.54. The van der Waals surface area contributed by atoms with Crippen LogP contribution in [0.3, 0.4) is 0 Å². The summed E-state index contributed by atoms with van der Waals surface area (Å²) in [5, 5.41) is 14.3. The van der Waals surface area contributed by atoms with Crippen molar-refractivity contribution in [3.63, 3.8) is 0 Å². The van der Waals surface area contributed by atoms with Crippen molar-refractivity contribution in [1.82, 2.24) is 5.32 Å². The molecule has 1 aliphatic rings. The predicted molar refractivity (Wildman–Crippen MR) is 53.0 cm³/mol. The largest absolute Gasteiger partial charge is 0.409 e. The van der Waals surface area contributed by atoms with E-state index >= 15 is 0 Å². The topological polar surface area (TPSA) is 87.7 Å². The number of hydrogen-bond donors (Lipinski definition) is 3. The third-order valence-corrected chi connectivity index (χ3v) is 2.77. The molecule has 1 aliphatic carbocycles. The lowest BCUT2D eigenvalue weighted by atomic mass is 10.0. The Labute approximate surface area is 83.3 Å². The molecule has 0 aromatic heterocycles. The van der Waals surface area contributed by atoms with E-state index in [4.69, 9.17) is 10.9 Å². The Morgan fingerprint density at radius 3 is 2.64 bits per heavy atom. The standard InChI is InChI=1S/C9H17N3O2/c1-3-6(2)11-8(13)9(4-5-9)7(10)12-14/h6,14H,3-5H2,1-2H3,(H2,10,12)(H,11,13). The molecule has 1 amide bonds. The second-order valence-corrected chi connectivity index (χ2v) is 3.85. The zero-order valence-electron chi connectivity index (χ0n) is 8.58. The zero-order valence-corrected chi connectivity index (χ0v) is 8.58. The van der Waals surface area contributed by atoms with Crippen LogP contribution < -0.4 is 11.1 Å². The highest BCUT2D eigenvalue weighted by atomic mass is 16.4. The van der Waals surface area contributed by atoms with Crippen molar-refractivity contribution in [2.75, 3.05) is 0 Å². The summed E-state index contributed by atoms with van der Waals surface area (Å²) >= 11 is 0. The molecule has 0 saturated heterocycles. The predicted octanol–water partition coefficient (Wildman–Crippen LogP) is 0.428. The van der Waals surface area contributed by atoms with Gasteiger partial charge in [0, 0.05) is 6.04 Å². The number of oxime groups is 1. The monoisotopic (exact) mass is 199 g/mol. The smallest absolute Gasteiger partial charge is 0.234 e. The van der Waals surface area contributed by atoms with E-state index in [9.17, 15) is 4.79 Å². The first-order valence-electron chi connectivity index (χ1n) is 4.85. The first-order chi connectivity index (χ1) is 6.56. The van der Waals surface area contributed by atoms with E-state index in [1.54, 1.807) is 0 Å². The molecule has 0 heterocycles. The van der Waals surface area contributed by atoms with Crippen LogP contribution >= 0.6 is 0 Å². The van der Waals surface area contributed by atoms with Crippen molar-refractivity contribution < 1.29 is 10.0 Å². The summed E-state index contributed by atoms with van der Waals surface area (Å²) in [4.78, 5) is 11.7. The number of carbonyl (C=O) groups excluding carboxylic acids is 1. The fraction of sp³-hybridized carbons (Fsp3) is 0.778. The molecule has 14 heavy (non-hydrogen) atoms. The summed E-state index contributed by atoms with van der Waals surface area (Å²) in [6, 6.07) is 0.131. The van der Waals surface area contributed by atoms with Crippen molar-refractivity contribution in [2.24, 2.45) is 16.3 Å². The highest BCUT2D eigenvalue weighted by molar-refractivity contribution is 6.09. The van der Waals surface area contributed by atoms with Gasteiger partial charge >= 0.3 is 0 Å². The molecule has 1 saturated carbocycles. The van der Waals surface area contributed by atoms with Crippen LogP contribution in [0, 0.1) is 5.41 Å². The summed E-state index contributed by atoms with van der Waals surface area (Å²) < 4.78 is 0. The van der Waals surface area contributed by atoms with Gasteiger partial charge in [0.1, 0.15) is 5.41 Å². The highest BCUT2D eigenvalue weighted by Crippen LogP contribution is 2.46. The molecule has 5 nitrogen and oxygen atoms in total. The van der Waals surface area contributed by atoms with Crippen molar-refractivity contribution in [3.05, 3.63) is 0 Å². The Balaban J connectivity index is 2.61. The van der Waals surface area contributed by atoms with Crippen LogP contribution in [0.15, 0.2) is 5.16 Å². The number of amides is 1. The Kier molecular flexibility index (Phi) is 2.98. The van der Waals surface area contributed by atoms with Crippen LogP contribution in [0.4, 0.5) is 0 Å².